The van der Waals surface area contributed by atoms with Crippen LogP contribution in [0.25, 0.3) is 0 Å². The molecule has 2 aliphatic rings. The van der Waals surface area contributed by atoms with Gasteiger partial charge in [0.1, 0.15) is 11.6 Å². The fraction of sp³-hybridized carbons (Fsp3) is 0.706. The predicted octanol–water partition coefficient (Wildman–Crippen LogP) is 2.45. The lowest BCUT2D eigenvalue weighted by atomic mass is 9.93. The Bertz CT molecular complexity index is 505. The van der Waals surface area contributed by atoms with Crippen molar-refractivity contribution < 1.29 is 4.79 Å². The molecule has 3 rings (SSSR count). The zero-order chi connectivity index (χ0) is 15.4. The third-order valence-electron chi connectivity index (χ3n) is 4.89. The lowest BCUT2D eigenvalue weighted by molar-refractivity contribution is -0.122. The van der Waals surface area contributed by atoms with Crippen molar-refractivity contribution in [2.75, 3.05) is 18.0 Å². The summed E-state index contributed by atoms with van der Waals surface area (Å²) >= 11 is 0. The van der Waals surface area contributed by atoms with Gasteiger partial charge in [-0.1, -0.05) is 12.8 Å². The fourth-order valence-corrected chi connectivity index (χ4v) is 3.60. The van der Waals surface area contributed by atoms with Gasteiger partial charge in [-0.3, -0.25) is 4.79 Å². The Morgan fingerprint density at radius 3 is 2.68 bits per heavy atom. The Morgan fingerprint density at radius 2 is 2.00 bits per heavy atom. The number of nitrogens with one attached hydrogen (secondary N) is 1. The van der Waals surface area contributed by atoms with Crippen molar-refractivity contribution in [3.05, 3.63) is 18.1 Å². The first-order valence-electron chi connectivity index (χ1n) is 8.54. The van der Waals surface area contributed by atoms with E-state index in [0.29, 0.717) is 18.4 Å². The van der Waals surface area contributed by atoms with E-state index in [4.69, 9.17) is 0 Å². The average Bonchev–Trinajstić information content (AvgIpc) is 3.01. The SMILES string of the molecule is Cc1nccc(N2CCC(CC(=O)NC3CCCC3)CC2)n1. The molecular weight excluding hydrogens is 276 g/mol. The van der Waals surface area contributed by atoms with Crippen LogP contribution in [0.1, 0.15) is 50.8 Å². The predicted molar refractivity (Wildman–Crippen MR) is 86.7 cm³/mol. The summed E-state index contributed by atoms with van der Waals surface area (Å²) in [5, 5.41) is 3.20. The molecule has 1 aliphatic heterocycles. The Kier molecular flexibility index (Phi) is 4.90. The van der Waals surface area contributed by atoms with E-state index in [9.17, 15) is 4.79 Å². The quantitative estimate of drug-likeness (QED) is 0.928. The van der Waals surface area contributed by atoms with Crippen molar-refractivity contribution in [2.45, 2.75) is 57.9 Å². The number of aromatic nitrogens is 2. The fourth-order valence-electron chi connectivity index (χ4n) is 3.60. The van der Waals surface area contributed by atoms with Gasteiger partial charge in [-0.05, 0) is 44.6 Å². The molecule has 5 nitrogen and oxygen atoms in total. The molecule has 0 spiro atoms. The number of hydrogen-bond donors (Lipinski definition) is 1. The molecule has 1 aliphatic carbocycles. The highest BCUT2D eigenvalue weighted by atomic mass is 16.1. The maximum Gasteiger partial charge on any atom is 0.220 e. The van der Waals surface area contributed by atoms with E-state index in [-0.39, 0.29) is 5.91 Å². The molecular formula is C17H26N4O. The van der Waals surface area contributed by atoms with Crippen LogP contribution < -0.4 is 10.2 Å². The van der Waals surface area contributed by atoms with Crippen molar-refractivity contribution in [1.82, 2.24) is 15.3 Å². The maximum absolute atomic E-state index is 12.1. The van der Waals surface area contributed by atoms with E-state index < -0.39 is 0 Å². The topological polar surface area (TPSA) is 58.1 Å². The van der Waals surface area contributed by atoms with Gasteiger partial charge in [0.25, 0.3) is 0 Å². The lowest BCUT2D eigenvalue weighted by Gasteiger charge is -2.32. The number of amides is 1. The molecule has 1 N–H and O–H groups in total. The number of carbonyl (C=O) groups excluding carboxylic acids is 1. The minimum Gasteiger partial charge on any atom is -0.356 e. The van der Waals surface area contributed by atoms with E-state index in [0.717, 1.165) is 50.4 Å². The largest absolute Gasteiger partial charge is 0.356 e. The summed E-state index contributed by atoms with van der Waals surface area (Å²) in [5.41, 5.74) is 0. The standard InChI is InChI=1S/C17H26N4O/c1-13-18-9-6-16(19-13)21-10-7-14(8-11-21)12-17(22)20-15-4-2-3-5-15/h6,9,14-15H,2-5,7-8,10-12H2,1H3,(H,20,22). The van der Waals surface area contributed by atoms with Gasteiger partial charge in [-0.2, -0.15) is 0 Å². The van der Waals surface area contributed by atoms with Crippen LogP contribution in [0.15, 0.2) is 12.3 Å². The summed E-state index contributed by atoms with van der Waals surface area (Å²) in [6, 6.07) is 2.41. The molecule has 0 atom stereocenters. The molecule has 2 fully saturated rings. The number of rotatable bonds is 4. The molecule has 120 valence electrons. The first-order valence-corrected chi connectivity index (χ1v) is 8.54. The molecule has 5 heteroatoms. The van der Waals surface area contributed by atoms with Gasteiger partial charge in [-0.25, -0.2) is 9.97 Å². The summed E-state index contributed by atoms with van der Waals surface area (Å²) in [6.45, 7) is 3.89. The molecule has 2 heterocycles. The van der Waals surface area contributed by atoms with Gasteiger partial charge in [0.2, 0.25) is 5.91 Å². The third kappa shape index (κ3) is 3.96. The monoisotopic (exact) mass is 302 g/mol. The Morgan fingerprint density at radius 1 is 1.27 bits per heavy atom. The second-order valence-corrected chi connectivity index (χ2v) is 6.65. The average molecular weight is 302 g/mol. The highest BCUT2D eigenvalue weighted by Crippen LogP contribution is 2.24. The molecule has 0 bridgehead atoms. The summed E-state index contributed by atoms with van der Waals surface area (Å²) in [5.74, 6) is 2.60. The zero-order valence-electron chi connectivity index (χ0n) is 13.4. The highest BCUT2D eigenvalue weighted by Gasteiger charge is 2.24. The van der Waals surface area contributed by atoms with E-state index in [1.165, 1.54) is 12.8 Å². The number of piperidine rings is 1. The van der Waals surface area contributed by atoms with Crippen LogP contribution in [0, 0.1) is 12.8 Å². The van der Waals surface area contributed by atoms with E-state index in [1.54, 1.807) is 0 Å². The van der Waals surface area contributed by atoms with Crippen molar-refractivity contribution in [3.63, 3.8) is 0 Å². The summed E-state index contributed by atoms with van der Waals surface area (Å²) in [7, 11) is 0. The first kappa shape index (κ1) is 15.3. The Hall–Kier alpha value is -1.65. The molecule has 0 unspecified atom stereocenters. The molecule has 1 saturated carbocycles. The maximum atomic E-state index is 12.1. The number of carbonyl (C=O) groups is 1. The second kappa shape index (κ2) is 7.07. The van der Waals surface area contributed by atoms with Gasteiger partial charge in [-0.15, -0.1) is 0 Å². The van der Waals surface area contributed by atoms with Gasteiger partial charge in [0, 0.05) is 31.7 Å². The normalized spacial score (nSPS) is 20.3. The minimum absolute atomic E-state index is 0.253. The minimum atomic E-state index is 0.253. The molecule has 1 aromatic rings. The van der Waals surface area contributed by atoms with E-state index in [1.807, 2.05) is 19.2 Å². The lowest BCUT2D eigenvalue weighted by Crippen LogP contribution is -2.38. The summed E-state index contributed by atoms with van der Waals surface area (Å²) in [4.78, 5) is 23.1. The molecule has 1 aromatic heterocycles. The van der Waals surface area contributed by atoms with Crippen LogP contribution in [0.2, 0.25) is 0 Å². The molecule has 22 heavy (non-hydrogen) atoms. The molecule has 1 amide bonds. The van der Waals surface area contributed by atoms with Crippen LogP contribution in [0.5, 0.6) is 0 Å². The zero-order valence-corrected chi connectivity index (χ0v) is 13.4. The van der Waals surface area contributed by atoms with E-state index in [2.05, 4.69) is 20.2 Å². The summed E-state index contributed by atoms with van der Waals surface area (Å²) < 4.78 is 0. The molecule has 0 aromatic carbocycles. The Balaban J connectivity index is 1.44. The van der Waals surface area contributed by atoms with E-state index >= 15 is 0 Å². The van der Waals surface area contributed by atoms with Crippen LogP contribution in [-0.4, -0.2) is 35.0 Å². The van der Waals surface area contributed by atoms with Crippen molar-refractivity contribution in [1.29, 1.82) is 0 Å². The van der Waals surface area contributed by atoms with Crippen LogP contribution in [0.3, 0.4) is 0 Å². The van der Waals surface area contributed by atoms with Gasteiger partial charge < -0.3 is 10.2 Å². The summed E-state index contributed by atoms with van der Waals surface area (Å²) in [6.07, 6.45) is 9.51. The van der Waals surface area contributed by atoms with Gasteiger partial charge in [0.15, 0.2) is 0 Å². The highest BCUT2D eigenvalue weighted by molar-refractivity contribution is 5.76. The van der Waals surface area contributed by atoms with Crippen LogP contribution in [0.4, 0.5) is 5.82 Å². The van der Waals surface area contributed by atoms with Crippen molar-refractivity contribution >= 4 is 11.7 Å². The second-order valence-electron chi connectivity index (χ2n) is 6.65. The number of aryl methyl sites for hydroxylation is 1. The third-order valence-corrected chi connectivity index (χ3v) is 4.89. The Labute approximate surface area is 132 Å². The van der Waals surface area contributed by atoms with Crippen molar-refractivity contribution in [2.24, 2.45) is 5.92 Å². The van der Waals surface area contributed by atoms with Gasteiger partial charge >= 0.3 is 0 Å². The van der Waals surface area contributed by atoms with Crippen molar-refractivity contribution in [3.8, 4) is 0 Å². The number of anilines is 1. The first-order chi connectivity index (χ1) is 10.7. The number of hydrogen-bond acceptors (Lipinski definition) is 4. The number of nitrogens with zero attached hydrogens (tertiary/aromatic N) is 3. The molecule has 0 radical (unpaired) electrons. The van der Waals surface area contributed by atoms with Crippen LogP contribution >= 0.6 is 0 Å². The smallest absolute Gasteiger partial charge is 0.220 e. The molecule has 1 saturated heterocycles. The van der Waals surface area contributed by atoms with Crippen LogP contribution in [-0.2, 0) is 4.79 Å². The van der Waals surface area contributed by atoms with Gasteiger partial charge in [0.05, 0.1) is 0 Å².